The lowest BCUT2D eigenvalue weighted by molar-refractivity contribution is -0.197. The Morgan fingerprint density at radius 1 is 1.29 bits per heavy atom. The lowest BCUT2D eigenvalue weighted by Gasteiger charge is -2.32. The summed E-state index contributed by atoms with van der Waals surface area (Å²) >= 11 is 5.71. The van der Waals surface area contributed by atoms with Crippen molar-refractivity contribution in [2.45, 2.75) is 37.7 Å². The van der Waals surface area contributed by atoms with Gasteiger partial charge in [0, 0.05) is 17.5 Å². The Morgan fingerprint density at radius 2 is 2.00 bits per heavy atom. The van der Waals surface area contributed by atoms with E-state index in [-0.39, 0.29) is 18.7 Å². The van der Waals surface area contributed by atoms with Crippen molar-refractivity contribution >= 4 is 23.2 Å². The van der Waals surface area contributed by atoms with Gasteiger partial charge in [-0.3, -0.25) is 4.79 Å². The van der Waals surface area contributed by atoms with Crippen LogP contribution in [0.25, 0.3) is 0 Å². The molecule has 1 aliphatic carbocycles. The van der Waals surface area contributed by atoms with E-state index in [4.69, 9.17) is 11.6 Å². The molecule has 2 atom stereocenters. The van der Waals surface area contributed by atoms with E-state index >= 15 is 0 Å². The van der Waals surface area contributed by atoms with Gasteiger partial charge in [0.2, 0.25) is 5.91 Å². The van der Waals surface area contributed by atoms with E-state index in [1.54, 1.807) is 24.3 Å². The number of halogens is 4. The van der Waals surface area contributed by atoms with Gasteiger partial charge in [-0.2, -0.15) is 13.2 Å². The van der Waals surface area contributed by atoms with Gasteiger partial charge < -0.3 is 5.32 Å². The molecule has 0 heterocycles. The molecule has 6 heteroatoms. The highest BCUT2D eigenvalue weighted by atomic mass is 35.5. The second-order valence-corrected chi connectivity index (χ2v) is 5.63. The van der Waals surface area contributed by atoms with Gasteiger partial charge in [-0.25, -0.2) is 0 Å². The molecule has 1 aromatic rings. The second kappa shape index (κ2) is 6.69. The van der Waals surface area contributed by atoms with Gasteiger partial charge in [0.15, 0.2) is 0 Å². The van der Waals surface area contributed by atoms with E-state index in [9.17, 15) is 18.0 Å². The summed E-state index contributed by atoms with van der Waals surface area (Å²) < 4.78 is 39.0. The molecule has 0 radical (unpaired) electrons. The van der Waals surface area contributed by atoms with Crippen molar-refractivity contribution in [2.75, 3.05) is 5.32 Å². The van der Waals surface area contributed by atoms with Crippen molar-refractivity contribution in [3.63, 3.8) is 0 Å². The van der Waals surface area contributed by atoms with Crippen molar-refractivity contribution < 1.29 is 18.0 Å². The molecule has 2 rings (SSSR count). The number of alkyl halides is 4. The van der Waals surface area contributed by atoms with E-state index < -0.39 is 23.9 Å². The van der Waals surface area contributed by atoms with E-state index in [1.165, 1.54) is 0 Å². The standard InChI is InChI=1S/C15H17ClF3NO/c16-9-10-4-3-5-11(8-10)20-14(21)12-6-1-2-7-13(12)15(17,18)19/h3-5,8,12-13H,1-2,6-7,9H2,(H,20,21). The minimum absolute atomic E-state index is 0.0311. The minimum Gasteiger partial charge on any atom is -0.326 e. The number of hydrogen-bond acceptors (Lipinski definition) is 1. The van der Waals surface area contributed by atoms with Crippen molar-refractivity contribution in [3.8, 4) is 0 Å². The van der Waals surface area contributed by atoms with Crippen LogP contribution in [0.15, 0.2) is 24.3 Å². The fraction of sp³-hybridized carbons (Fsp3) is 0.533. The largest absolute Gasteiger partial charge is 0.392 e. The second-order valence-electron chi connectivity index (χ2n) is 5.36. The molecule has 21 heavy (non-hydrogen) atoms. The number of nitrogens with one attached hydrogen (secondary N) is 1. The Balaban J connectivity index is 2.10. The third-order valence-corrected chi connectivity index (χ3v) is 4.18. The van der Waals surface area contributed by atoms with Crippen molar-refractivity contribution in [1.82, 2.24) is 0 Å². The molecule has 1 aliphatic rings. The molecule has 2 nitrogen and oxygen atoms in total. The molecule has 0 spiro atoms. The van der Waals surface area contributed by atoms with Crippen LogP contribution in [0, 0.1) is 11.8 Å². The van der Waals surface area contributed by atoms with Gasteiger partial charge in [-0.05, 0) is 30.5 Å². The number of rotatable bonds is 3. The van der Waals surface area contributed by atoms with E-state index in [1.807, 2.05) is 0 Å². The van der Waals surface area contributed by atoms with Crippen molar-refractivity contribution in [1.29, 1.82) is 0 Å². The summed E-state index contributed by atoms with van der Waals surface area (Å²) in [5.74, 6) is -2.80. The molecule has 0 saturated heterocycles. The Labute approximate surface area is 126 Å². The third kappa shape index (κ3) is 4.13. The van der Waals surface area contributed by atoms with Crippen LogP contribution in [0.1, 0.15) is 31.2 Å². The molecule has 2 unspecified atom stereocenters. The summed E-state index contributed by atoms with van der Waals surface area (Å²) in [6.45, 7) is 0. The molecule has 1 amide bonds. The minimum atomic E-state index is -4.32. The monoisotopic (exact) mass is 319 g/mol. The summed E-state index contributed by atoms with van der Waals surface area (Å²) in [6.07, 6.45) is -2.82. The summed E-state index contributed by atoms with van der Waals surface area (Å²) in [6, 6.07) is 6.84. The van der Waals surface area contributed by atoms with Crippen LogP contribution in [0.3, 0.4) is 0 Å². The quantitative estimate of drug-likeness (QED) is 0.802. The molecule has 0 aliphatic heterocycles. The normalized spacial score (nSPS) is 22.9. The first-order valence-corrected chi connectivity index (χ1v) is 7.47. The van der Waals surface area contributed by atoms with Crippen LogP contribution in [0.5, 0.6) is 0 Å². The van der Waals surface area contributed by atoms with Gasteiger partial charge in [-0.1, -0.05) is 25.0 Å². The van der Waals surface area contributed by atoms with E-state index in [0.29, 0.717) is 18.5 Å². The third-order valence-electron chi connectivity index (χ3n) is 3.87. The maximum Gasteiger partial charge on any atom is 0.392 e. The highest BCUT2D eigenvalue weighted by Gasteiger charge is 2.47. The maximum absolute atomic E-state index is 13.0. The molecule has 0 aromatic heterocycles. The number of anilines is 1. The van der Waals surface area contributed by atoms with Crippen LogP contribution < -0.4 is 5.32 Å². The average Bonchev–Trinajstić information content (AvgIpc) is 2.46. The lowest BCUT2D eigenvalue weighted by atomic mass is 9.78. The highest BCUT2D eigenvalue weighted by molar-refractivity contribution is 6.17. The first-order valence-electron chi connectivity index (χ1n) is 6.94. The summed E-state index contributed by atoms with van der Waals surface area (Å²) in [5.41, 5.74) is 1.30. The van der Waals surface area contributed by atoms with E-state index in [0.717, 1.165) is 5.56 Å². The fourth-order valence-corrected chi connectivity index (χ4v) is 2.97. The highest BCUT2D eigenvalue weighted by Crippen LogP contribution is 2.41. The number of amides is 1. The first kappa shape index (κ1) is 16.1. The van der Waals surface area contributed by atoms with E-state index in [2.05, 4.69) is 5.32 Å². The number of benzene rings is 1. The summed E-state index contributed by atoms with van der Waals surface area (Å²) in [5, 5.41) is 2.59. The Morgan fingerprint density at radius 3 is 2.67 bits per heavy atom. The smallest absolute Gasteiger partial charge is 0.326 e. The Bertz CT molecular complexity index is 504. The molecular formula is C15H17ClF3NO. The lowest BCUT2D eigenvalue weighted by Crippen LogP contribution is -2.39. The van der Waals surface area contributed by atoms with Crippen LogP contribution in [0.4, 0.5) is 18.9 Å². The van der Waals surface area contributed by atoms with Crippen LogP contribution in [-0.4, -0.2) is 12.1 Å². The van der Waals surface area contributed by atoms with Gasteiger partial charge in [-0.15, -0.1) is 11.6 Å². The molecule has 1 N–H and O–H groups in total. The molecule has 1 fully saturated rings. The number of hydrogen-bond donors (Lipinski definition) is 1. The first-order chi connectivity index (χ1) is 9.91. The van der Waals surface area contributed by atoms with Gasteiger partial charge in [0.05, 0.1) is 5.92 Å². The topological polar surface area (TPSA) is 29.1 Å². The predicted octanol–water partition coefficient (Wildman–Crippen LogP) is 4.73. The Hall–Kier alpha value is -1.23. The summed E-state index contributed by atoms with van der Waals surface area (Å²) in [4.78, 5) is 12.2. The zero-order valence-electron chi connectivity index (χ0n) is 11.4. The molecule has 0 bridgehead atoms. The average molecular weight is 320 g/mol. The molecule has 1 saturated carbocycles. The summed E-state index contributed by atoms with van der Waals surface area (Å²) in [7, 11) is 0. The van der Waals surface area contributed by atoms with Gasteiger partial charge in [0.25, 0.3) is 0 Å². The van der Waals surface area contributed by atoms with Gasteiger partial charge in [0.1, 0.15) is 0 Å². The number of carbonyl (C=O) groups is 1. The van der Waals surface area contributed by atoms with Crippen molar-refractivity contribution in [3.05, 3.63) is 29.8 Å². The maximum atomic E-state index is 13.0. The van der Waals surface area contributed by atoms with Gasteiger partial charge >= 0.3 is 6.18 Å². The van der Waals surface area contributed by atoms with Crippen LogP contribution in [0.2, 0.25) is 0 Å². The molecule has 1 aromatic carbocycles. The zero-order chi connectivity index (χ0) is 15.5. The Kier molecular flexibility index (Phi) is 5.14. The zero-order valence-corrected chi connectivity index (χ0v) is 12.2. The SMILES string of the molecule is O=C(Nc1cccc(CCl)c1)C1CCCCC1C(F)(F)F. The number of carbonyl (C=O) groups excluding carboxylic acids is 1. The fourth-order valence-electron chi connectivity index (χ4n) is 2.80. The molecule has 116 valence electrons. The molecular weight excluding hydrogens is 303 g/mol. The van der Waals surface area contributed by atoms with Crippen LogP contribution >= 0.6 is 11.6 Å². The van der Waals surface area contributed by atoms with Crippen molar-refractivity contribution in [2.24, 2.45) is 11.8 Å². The van der Waals surface area contributed by atoms with Crippen LogP contribution in [-0.2, 0) is 10.7 Å². The predicted molar refractivity (Wildman–Crippen MR) is 76.1 cm³/mol.